The highest BCUT2D eigenvalue weighted by Crippen LogP contribution is 2.27. The fraction of sp³-hybridized carbons (Fsp3) is 0.500. The molecule has 0 spiro atoms. The lowest BCUT2D eigenvalue weighted by molar-refractivity contribution is 0.0696. The van der Waals surface area contributed by atoms with Gasteiger partial charge in [0.15, 0.2) is 0 Å². The molecule has 1 aromatic heterocycles. The highest BCUT2D eigenvalue weighted by atomic mass is 16.4. The zero-order valence-corrected chi connectivity index (χ0v) is 9.39. The molecule has 1 aliphatic heterocycles. The summed E-state index contributed by atoms with van der Waals surface area (Å²) in [6, 6.07) is 1.76. The van der Waals surface area contributed by atoms with Crippen molar-refractivity contribution in [3.05, 3.63) is 29.6 Å². The van der Waals surface area contributed by atoms with Crippen LogP contribution in [0.15, 0.2) is 18.5 Å². The fourth-order valence-corrected chi connectivity index (χ4v) is 2.14. The molecule has 1 aliphatic rings. The number of hydrogen-bond donors (Lipinski definition) is 1. The Morgan fingerprint density at radius 1 is 1.44 bits per heavy atom. The summed E-state index contributed by atoms with van der Waals surface area (Å²) in [5, 5.41) is 8.90. The van der Waals surface area contributed by atoms with Gasteiger partial charge in [-0.1, -0.05) is 0 Å². The van der Waals surface area contributed by atoms with E-state index in [9.17, 15) is 4.79 Å². The summed E-state index contributed by atoms with van der Waals surface area (Å²) in [7, 11) is 2.11. The van der Waals surface area contributed by atoms with Crippen molar-refractivity contribution in [3.8, 4) is 0 Å². The Hall–Kier alpha value is -1.42. The van der Waals surface area contributed by atoms with Crippen molar-refractivity contribution in [3.63, 3.8) is 0 Å². The van der Waals surface area contributed by atoms with Crippen molar-refractivity contribution in [1.82, 2.24) is 9.88 Å². The first-order valence-corrected chi connectivity index (χ1v) is 5.53. The van der Waals surface area contributed by atoms with Crippen molar-refractivity contribution in [2.24, 2.45) is 0 Å². The Morgan fingerprint density at radius 2 is 2.12 bits per heavy atom. The standard InChI is InChI=1S/C12H16N2O2/c1-14-4-2-9(3-5-14)10-6-11(12(15)16)8-13-7-10/h6-9H,2-5H2,1H3,(H,15,16). The third-order valence-corrected chi connectivity index (χ3v) is 3.20. The molecule has 0 aliphatic carbocycles. The number of aromatic nitrogens is 1. The van der Waals surface area contributed by atoms with Gasteiger partial charge in [-0.05, 0) is 50.5 Å². The summed E-state index contributed by atoms with van der Waals surface area (Å²) in [6.07, 6.45) is 5.37. The van der Waals surface area contributed by atoms with Gasteiger partial charge in [0.25, 0.3) is 0 Å². The van der Waals surface area contributed by atoms with Crippen LogP contribution in [0.5, 0.6) is 0 Å². The first kappa shape index (κ1) is 11.1. The number of aromatic carboxylic acids is 1. The van der Waals surface area contributed by atoms with E-state index in [0.29, 0.717) is 5.92 Å². The van der Waals surface area contributed by atoms with Crippen LogP contribution in [0.2, 0.25) is 0 Å². The first-order chi connectivity index (χ1) is 7.66. The van der Waals surface area contributed by atoms with E-state index in [1.54, 1.807) is 12.3 Å². The number of rotatable bonds is 2. The molecule has 0 bridgehead atoms. The Labute approximate surface area is 94.9 Å². The summed E-state index contributed by atoms with van der Waals surface area (Å²) >= 11 is 0. The maximum Gasteiger partial charge on any atom is 0.337 e. The normalized spacial score (nSPS) is 18.6. The van der Waals surface area contributed by atoms with Crippen LogP contribution in [-0.2, 0) is 0 Å². The summed E-state index contributed by atoms with van der Waals surface area (Å²) in [5.74, 6) is -0.440. The minimum absolute atomic E-state index is 0.288. The Bertz CT molecular complexity index is 384. The third-order valence-electron chi connectivity index (χ3n) is 3.20. The zero-order chi connectivity index (χ0) is 11.5. The van der Waals surface area contributed by atoms with Gasteiger partial charge < -0.3 is 10.0 Å². The summed E-state index contributed by atoms with van der Waals surface area (Å²) in [6.45, 7) is 2.14. The second kappa shape index (κ2) is 4.61. The maximum atomic E-state index is 10.8. The van der Waals surface area contributed by atoms with Gasteiger partial charge in [-0.15, -0.1) is 0 Å². The van der Waals surface area contributed by atoms with E-state index in [4.69, 9.17) is 5.11 Å². The average molecular weight is 220 g/mol. The maximum absolute atomic E-state index is 10.8. The van der Waals surface area contributed by atoms with Gasteiger partial charge >= 0.3 is 5.97 Å². The van der Waals surface area contributed by atoms with Gasteiger partial charge in [0, 0.05) is 12.4 Å². The largest absolute Gasteiger partial charge is 0.478 e. The van der Waals surface area contributed by atoms with Gasteiger partial charge in [-0.25, -0.2) is 4.79 Å². The summed E-state index contributed by atoms with van der Waals surface area (Å²) < 4.78 is 0. The Kier molecular flexibility index (Phi) is 3.19. The van der Waals surface area contributed by atoms with Crippen LogP contribution in [0.4, 0.5) is 0 Å². The van der Waals surface area contributed by atoms with E-state index < -0.39 is 5.97 Å². The molecule has 1 N–H and O–H groups in total. The molecule has 2 heterocycles. The molecule has 0 radical (unpaired) electrons. The Morgan fingerprint density at radius 3 is 2.75 bits per heavy atom. The van der Waals surface area contributed by atoms with Crippen molar-refractivity contribution in [1.29, 1.82) is 0 Å². The van der Waals surface area contributed by atoms with Crippen LogP contribution < -0.4 is 0 Å². The molecule has 0 amide bonds. The second-order valence-electron chi connectivity index (χ2n) is 4.39. The lowest BCUT2D eigenvalue weighted by Gasteiger charge is -2.29. The number of nitrogens with zero attached hydrogens (tertiary/aromatic N) is 2. The van der Waals surface area contributed by atoms with Gasteiger partial charge in [-0.2, -0.15) is 0 Å². The summed E-state index contributed by atoms with van der Waals surface area (Å²) in [5.41, 5.74) is 1.35. The third kappa shape index (κ3) is 2.39. The monoisotopic (exact) mass is 220 g/mol. The van der Waals surface area contributed by atoms with E-state index >= 15 is 0 Å². The van der Waals surface area contributed by atoms with Crippen molar-refractivity contribution in [2.75, 3.05) is 20.1 Å². The molecule has 0 aromatic carbocycles. The van der Waals surface area contributed by atoms with E-state index in [0.717, 1.165) is 31.5 Å². The second-order valence-corrected chi connectivity index (χ2v) is 4.39. The zero-order valence-electron chi connectivity index (χ0n) is 9.39. The molecule has 0 unspecified atom stereocenters. The molecule has 1 fully saturated rings. The van der Waals surface area contributed by atoms with Crippen LogP contribution in [0.1, 0.15) is 34.7 Å². The number of piperidine rings is 1. The number of pyridine rings is 1. The minimum atomic E-state index is -0.901. The van der Waals surface area contributed by atoms with E-state index in [-0.39, 0.29) is 5.56 Å². The van der Waals surface area contributed by atoms with Crippen LogP contribution in [0.25, 0.3) is 0 Å². The highest BCUT2D eigenvalue weighted by molar-refractivity contribution is 5.87. The summed E-state index contributed by atoms with van der Waals surface area (Å²) in [4.78, 5) is 17.1. The van der Waals surface area contributed by atoms with Crippen molar-refractivity contribution in [2.45, 2.75) is 18.8 Å². The molecule has 1 saturated heterocycles. The predicted molar refractivity (Wildman–Crippen MR) is 60.7 cm³/mol. The van der Waals surface area contributed by atoms with E-state index in [1.165, 1.54) is 6.20 Å². The predicted octanol–water partition coefficient (Wildman–Crippen LogP) is 1.59. The molecular weight excluding hydrogens is 204 g/mol. The highest BCUT2D eigenvalue weighted by Gasteiger charge is 2.19. The van der Waals surface area contributed by atoms with Gasteiger partial charge in [0.05, 0.1) is 5.56 Å². The number of likely N-dealkylation sites (tertiary alicyclic amines) is 1. The lowest BCUT2D eigenvalue weighted by Crippen LogP contribution is -2.29. The number of carbonyl (C=O) groups is 1. The lowest BCUT2D eigenvalue weighted by atomic mass is 9.90. The molecule has 0 saturated carbocycles. The molecule has 2 rings (SSSR count). The molecule has 1 aromatic rings. The SMILES string of the molecule is CN1CCC(c2cncc(C(=O)O)c2)CC1. The minimum Gasteiger partial charge on any atom is -0.478 e. The number of carboxylic acid groups (broad SMARTS) is 1. The van der Waals surface area contributed by atoms with Crippen molar-refractivity contribution < 1.29 is 9.90 Å². The van der Waals surface area contributed by atoms with Crippen LogP contribution in [0, 0.1) is 0 Å². The molecular formula is C12H16N2O2. The van der Waals surface area contributed by atoms with Crippen LogP contribution in [0.3, 0.4) is 0 Å². The average Bonchev–Trinajstić information content (AvgIpc) is 2.30. The number of hydrogen-bond acceptors (Lipinski definition) is 3. The number of carboxylic acids is 1. The molecule has 0 atom stereocenters. The quantitative estimate of drug-likeness (QED) is 0.822. The van der Waals surface area contributed by atoms with E-state index in [1.807, 2.05) is 0 Å². The van der Waals surface area contributed by atoms with E-state index in [2.05, 4.69) is 16.9 Å². The van der Waals surface area contributed by atoms with Crippen molar-refractivity contribution >= 4 is 5.97 Å². The molecule has 16 heavy (non-hydrogen) atoms. The smallest absolute Gasteiger partial charge is 0.337 e. The molecule has 86 valence electrons. The van der Waals surface area contributed by atoms with Gasteiger partial charge in [0.1, 0.15) is 0 Å². The van der Waals surface area contributed by atoms with Gasteiger partial charge in [0.2, 0.25) is 0 Å². The van der Waals surface area contributed by atoms with Crippen LogP contribution in [-0.4, -0.2) is 41.1 Å². The fourth-order valence-electron chi connectivity index (χ4n) is 2.14. The molecule has 4 heteroatoms. The first-order valence-electron chi connectivity index (χ1n) is 5.53. The molecule has 4 nitrogen and oxygen atoms in total. The van der Waals surface area contributed by atoms with Crippen LogP contribution >= 0.6 is 0 Å². The van der Waals surface area contributed by atoms with Gasteiger partial charge in [-0.3, -0.25) is 4.98 Å². The Balaban J connectivity index is 2.14. The topological polar surface area (TPSA) is 53.4 Å².